The van der Waals surface area contributed by atoms with Crippen LogP contribution in [0.15, 0.2) is 47.1 Å². The molecule has 0 aliphatic rings. The smallest absolute Gasteiger partial charge is 0.132 e. The largest absolute Gasteiger partial charge is 0.467 e. The summed E-state index contributed by atoms with van der Waals surface area (Å²) in [4.78, 5) is 0. The predicted molar refractivity (Wildman–Crippen MR) is 80.1 cm³/mol. The van der Waals surface area contributed by atoms with Gasteiger partial charge in [-0.05, 0) is 42.2 Å². The minimum atomic E-state index is -0.790. The molecule has 0 unspecified atom stereocenters. The maximum atomic E-state index is 10.3. The molecule has 1 aromatic carbocycles. The third-order valence-electron chi connectivity index (χ3n) is 3.69. The van der Waals surface area contributed by atoms with E-state index in [1.165, 1.54) is 6.26 Å². The summed E-state index contributed by atoms with van der Waals surface area (Å²) < 4.78 is 5.20. The molecule has 0 aliphatic heterocycles. The molecule has 0 saturated heterocycles. The average Bonchev–Trinajstić information content (AvgIpc) is 3.02. The number of furan rings is 1. The second-order valence-electron chi connectivity index (χ2n) is 5.05. The molecular formula is C16H19ClO4. The topological polar surface area (TPSA) is 73.8 Å². The summed E-state index contributed by atoms with van der Waals surface area (Å²) in [5.41, 5.74) is 0.915. The monoisotopic (exact) mass is 310 g/mol. The molecule has 21 heavy (non-hydrogen) atoms. The highest BCUT2D eigenvalue weighted by atomic mass is 35.5. The van der Waals surface area contributed by atoms with Crippen LogP contribution in [-0.2, 0) is 0 Å². The van der Waals surface area contributed by atoms with Gasteiger partial charge < -0.3 is 19.7 Å². The fourth-order valence-electron chi connectivity index (χ4n) is 2.46. The highest BCUT2D eigenvalue weighted by molar-refractivity contribution is 6.30. The molecule has 0 spiro atoms. The van der Waals surface area contributed by atoms with E-state index in [0.29, 0.717) is 17.2 Å². The van der Waals surface area contributed by atoms with Gasteiger partial charge in [0.15, 0.2) is 0 Å². The number of halogens is 1. The molecular weight excluding hydrogens is 292 g/mol. The van der Waals surface area contributed by atoms with Gasteiger partial charge in [0, 0.05) is 24.2 Å². The van der Waals surface area contributed by atoms with Gasteiger partial charge in [-0.15, -0.1) is 0 Å². The van der Waals surface area contributed by atoms with Gasteiger partial charge in [0.25, 0.3) is 0 Å². The lowest BCUT2D eigenvalue weighted by molar-refractivity contribution is 0.0851. The lowest BCUT2D eigenvalue weighted by Gasteiger charge is -2.26. The molecule has 0 radical (unpaired) electrons. The minimum Gasteiger partial charge on any atom is -0.467 e. The Morgan fingerprint density at radius 1 is 1.05 bits per heavy atom. The standard InChI is InChI=1S/C16H19ClO4/c17-13-5-3-11(4-6-13)14(12(9-18)10-19)8-15(20)16-2-1-7-21-16/h1-7,12,14-15,18-20H,8-10H2/t14-,15+/m1/s1. The van der Waals surface area contributed by atoms with E-state index >= 15 is 0 Å². The van der Waals surface area contributed by atoms with Crippen molar-refractivity contribution in [3.63, 3.8) is 0 Å². The van der Waals surface area contributed by atoms with Crippen LogP contribution in [-0.4, -0.2) is 28.5 Å². The lowest BCUT2D eigenvalue weighted by atomic mass is 9.82. The van der Waals surface area contributed by atoms with Gasteiger partial charge in [0.05, 0.1) is 6.26 Å². The van der Waals surface area contributed by atoms with E-state index in [9.17, 15) is 15.3 Å². The molecule has 114 valence electrons. The first-order valence-electron chi connectivity index (χ1n) is 6.84. The summed E-state index contributed by atoms with van der Waals surface area (Å²) in [6.45, 7) is -0.316. The van der Waals surface area contributed by atoms with E-state index in [2.05, 4.69) is 0 Å². The quantitative estimate of drug-likeness (QED) is 0.735. The van der Waals surface area contributed by atoms with Gasteiger partial charge in [-0.1, -0.05) is 23.7 Å². The third-order valence-corrected chi connectivity index (χ3v) is 3.94. The summed E-state index contributed by atoms with van der Waals surface area (Å²) in [7, 11) is 0. The number of hydrogen-bond donors (Lipinski definition) is 3. The second-order valence-corrected chi connectivity index (χ2v) is 5.49. The maximum Gasteiger partial charge on any atom is 0.132 e. The Kier molecular flexibility index (Phi) is 5.82. The van der Waals surface area contributed by atoms with Crippen molar-refractivity contribution in [2.24, 2.45) is 5.92 Å². The van der Waals surface area contributed by atoms with E-state index in [4.69, 9.17) is 16.0 Å². The van der Waals surface area contributed by atoms with Crippen LogP contribution in [0.5, 0.6) is 0 Å². The van der Waals surface area contributed by atoms with Crippen molar-refractivity contribution in [2.45, 2.75) is 18.4 Å². The van der Waals surface area contributed by atoms with Crippen LogP contribution in [0.2, 0.25) is 5.02 Å². The first-order valence-corrected chi connectivity index (χ1v) is 7.22. The number of hydrogen-bond acceptors (Lipinski definition) is 4. The van der Waals surface area contributed by atoms with Crippen molar-refractivity contribution in [1.29, 1.82) is 0 Å². The SMILES string of the molecule is OCC(CO)[C@H](C[C@H](O)c1ccco1)c1ccc(Cl)cc1. The Balaban J connectivity index is 2.21. The van der Waals surface area contributed by atoms with Gasteiger partial charge in [0.1, 0.15) is 11.9 Å². The number of benzene rings is 1. The molecule has 0 aliphatic carbocycles. The van der Waals surface area contributed by atoms with Crippen LogP contribution < -0.4 is 0 Å². The van der Waals surface area contributed by atoms with Gasteiger partial charge in [-0.3, -0.25) is 0 Å². The van der Waals surface area contributed by atoms with Gasteiger partial charge in [-0.25, -0.2) is 0 Å². The molecule has 0 saturated carbocycles. The van der Waals surface area contributed by atoms with Crippen molar-refractivity contribution in [1.82, 2.24) is 0 Å². The zero-order valence-electron chi connectivity index (χ0n) is 11.5. The normalized spacial score (nSPS) is 14.3. The van der Waals surface area contributed by atoms with E-state index in [1.807, 2.05) is 12.1 Å². The van der Waals surface area contributed by atoms with Gasteiger partial charge in [-0.2, -0.15) is 0 Å². The van der Waals surface area contributed by atoms with Crippen molar-refractivity contribution in [3.05, 3.63) is 59.0 Å². The van der Waals surface area contributed by atoms with Crippen LogP contribution in [0.3, 0.4) is 0 Å². The molecule has 1 heterocycles. The number of aliphatic hydroxyl groups is 3. The molecule has 0 amide bonds. The molecule has 4 nitrogen and oxygen atoms in total. The van der Waals surface area contributed by atoms with E-state index in [-0.39, 0.29) is 25.0 Å². The van der Waals surface area contributed by atoms with Crippen LogP contribution >= 0.6 is 11.6 Å². The Morgan fingerprint density at radius 2 is 1.71 bits per heavy atom. The highest BCUT2D eigenvalue weighted by Crippen LogP contribution is 2.34. The van der Waals surface area contributed by atoms with Crippen LogP contribution in [0.25, 0.3) is 0 Å². The lowest BCUT2D eigenvalue weighted by Crippen LogP contribution is -2.22. The first-order chi connectivity index (χ1) is 10.2. The highest BCUT2D eigenvalue weighted by Gasteiger charge is 2.26. The maximum absolute atomic E-state index is 10.3. The summed E-state index contributed by atoms with van der Waals surface area (Å²) >= 11 is 5.89. The summed E-state index contributed by atoms with van der Waals surface area (Å²) in [5, 5.41) is 29.8. The van der Waals surface area contributed by atoms with E-state index < -0.39 is 6.10 Å². The van der Waals surface area contributed by atoms with Crippen molar-refractivity contribution in [3.8, 4) is 0 Å². The molecule has 3 N–H and O–H groups in total. The molecule has 2 rings (SSSR count). The molecule has 1 aromatic heterocycles. The number of aliphatic hydroxyl groups excluding tert-OH is 3. The molecule has 2 aromatic rings. The summed E-state index contributed by atoms with van der Waals surface area (Å²) in [6.07, 6.45) is 1.06. The molecule has 0 fully saturated rings. The zero-order valence-corrected chi connectivity index (χ0v) is 12.3. The fraction of sp³-hybridized carbons (Fsp3) is 0.375. The van der Waals surface area contributed by atoms with E-state index in [1.54, 1.807) is 24.3 Å². The van der Waals surface area contributed by atoms with Gasteiger partial charge >= 0.3 is 0 Å². The average molecular weight is 311 g/mol. The minimum absolute atomic E-state index is 0.158. The molecule has 2 atom stereocenters. The Labute approximate surface area is 128 Å². The van der Waals surface area contributed by atoms with Crippen LogP contribution in [0, 0.1) is 5.92 Å². The van der Waals surface area contributed by atoms with Crippen LogP contribution in [0.4, 0.5) is 0 Å². The molecule has 5 heteroatoms. The Bertz CT molecular complexity index is 520. The Morgan fingerprint density at radius 3 is 2.24 bits per heavy atom. The second kappa shape index (κ2) is 7.61. The third kappa shape index (κ3) is 4.08. The van der Waals surface area contributed by atoms with Crippen molar-refractivity contribution < 1.29 is 19.7 Å². The first kappa shape index (κ1) is 16.0. The van der Waals surface area contributed by atoms with Crippen molar-refractivity contribution >= 4 is 11.6 Å². The predicted octanol–water partition coefficient (Wildman–Crippen LogP) is 2.74. The fourth-order valence-corrected chi connectivity index (χ4v) is 2.59. The van der Waals surface area contributed by atoms with Crippen LogP contribution in [0.1, 0.15) is 29.8 Å². The summed E-state index contributed by atoms with van der Waals surface area (Å²) in [6, 6.07) is 10.6. The van der Waals surface area contributed by atoms with Crippen molar-refractivity contribution in [2.75, 3.05) is 13.2 Å². The van der Waals surface area contributed by atoms with E-state index in [0.717, 1.165) is 5.56 Å². The Hall–Kier alpha value is -1.33. The molecule has 0 bridgehead atoms. The summed E-state index contributed by atoms with van der Waals surface area (Å²) in [5.74, 6) is -0.0725. The van der Waals surface area contributed by atoms with Gasteiger partial charge in [0.2, 0.25) is 0 Å². The number of rotatable bonds is 7. The zero-order chi connectivity index (χ0) is 15.2.